The molecule has 1 N–H and O–H groups in total. The number of carbonyl (C=O) groups is 1. The van der Waals surface area contributed by atoms with Crippen LogP contribution in [0.3, 0.4) is 0 Å². The molecule has 0 saturated heterocycles. The first kappa shape index (κ1) is 15.9. The average molecular weight is 308 g/mol. The normalized spacial score (nSPS) is 12.5. The van der Waals surface area contributed by atoms with Gasteiger partial charge in [0.2, 0.25) is 0 Å². The van der Waals surface area contributed by atoms with Crippen molar-refractivity contribution >= 4 is 16.9 Å². The number of aliphatic carboxylic acids is 1. The maximum Gasteiger partial charge on any atom is 0.332 e. The van der Waals surface area contributed by atoms with Crippen molar-refractivity contribution in [3.63, 3.8) is 0 Å². The van der Waals surface area contributed by atoms with Crippen molar-refractivity contribution in [1.29, 1.82) is 0 Å². The number of benzene rings is 1. The van der Waals surface area contributed by atoms with Crippen molar-refractivity contribution in [1.82, 2.24) is 9.13 Å². The van der Waals surface area contributed by atoms with E-state index >= 15 is 0 Å². The summed E-state index contributed by atoms with van der Waals surface area (Å²) in [6.07, 6.45) is 0.644. The maximum absolute atomic E-state index is 13.4. The highest BCUT2D eigenvalue weighted by molar-refractivity contribution is 5.79. The molecule has 0 aliphatic heterocycles. The van der Waals surface area contributed by atoms with Gasteiger partial charge in [-0.1, -0.05) is 13.3 Å². The van der Waals surface area contributed by atoms with E-state index in [1.807, 2.05) is 0 Å². The zero-order valence-electron chi connectivity index (χ0n) is 12.4. The Hall–Kier alpha value is -2.44. The van der Waals surface area contributed by atoms with E-state index in [1.165, 1.54) is 16.7 Å². The Bertz CT molecular complexity index is 838. The molecular formula is C15H17FN2O4. The molecule has 7 heteroatoms. The number of carboxylic acid groups (broad SMARTS) is 1. The van der Waals surface area contributed by atoms with Crippen LogP contribution in [0.25, 0.3) is 10.9 Å². The molecule has 1 atom stereocenters. The second-order valence-corrected chi connectivity index (χ2v) is 5.01. The molecule has 0 radical (unpaired) electrons. The number of fused-ring (bicyclic) bond motifs is 1. The molecule has 0 aliphatic rings. The first-order chi connectivity index (χ1) is 10.4. The molecule has 2 aromatic rings. The van der Waals surface area contributed by atoms with E-state index in [9.17, 15) is 23.9 Å². The van der Waals surface area contributed by atoms with E-state index in [1.54, 1.807) is 13.8 Å². The summed E-state index contributed by atoms with van der Waals surface area (Å²) in [5, 5.41) is 9.32. The molecule has 0 saturated carbocycles. The minimum atomic E-state index is -1.25. The van der Waals surface area contributed by atoms with E-state index in [2.05, 4.69) is 0 Å². The average Bonchev–Trinajstić information content (AvgIpc) is 2.47. The zero-order chi connectivity index (χ0) is 16.4. The van der Waals surface area contributed by atoms with Gasteiger partial charge in [-0.3, -0.25) is 9.36 Å². The fourth-order valence-electron chi connectivity index (χ4n) is 2.58. The number of hydrogen-bond donors (Lipinski definition) is 1. The molecular weight excluding hydrogens is 291 g/mol. The van der Waals surface area contributed by atoms with Crippen LogP contribution < -0.4 is 11.2 Å². The monoisotopic (exact) mass is 308 g/mol. The number of halogens is 1. The maximum atomic E-state index is 13.4. The molecule has 118 valence electrons. The molecule has 2 rings (SSSR count). The summed E-state index contributed by atoms with van der Waals surface area (Å²) < 4.78 is 15.4. The lowest BCUT2D eigenvalue weighted by Crippen LogP contribution is -2.44. The first-order valence-corrected chi connectivity index (χ1v) is 7.09. The van der Waals surface area contributed by atoms with Gasteiger partial charge in [0.05, 0.1) is 10.9 Å². The lowest BCUT2D eigenvalue weighted by Gasteiger charge is -2.17. The van der Waals surface area contributed by atoms with Gasteiger partial charge in [-0.15, -0.1) is 0 Å². The summed E-state index contributed by atoms with van der Waals surface area (Å²) in [5.74, 6) is -1.86. The van der Waals surface area contributed by atoms with E-state index in [0.29, 0.717) is 11.9 Å². The summed E-state index contributed by atoms with van der Waals surface area (Å²) in [6.45, 7) is 3.72. The largest absolute Gasteiger partial charge is 0.480 e. The first-order valence-electron chi connectivity index (χ1n) is 7.09. The van der Waals surface area contributed by atoms with Crippen molar-refractivity contribution in [2.75, 3.05) is 0 Å². The van der Waals surface area contributed by atoms with Crippen molar-refractivity contribution in [3.05, 3.63) is 44.9 Å². The Morgan fingerprint density at radius 2 is 2.00 bits per heavy atom. The topological polar surface area (TPSA) is 81.3 Å². The Kier molecular flexibility index (Phi) is 4.44. The number of nitrogens with zero attached hydrogens (tertiary/aromatic N) is 2. The van der Waals surface area contributed by atoms with Crippen LogP contribution in [0.4, 0.5) is 4.39 Å². The number of aromatic nitrogens is 2. The van der Waals surface area contributed by atoms with Gasteiger partial charge < -0.3 is 5.11 Å². The van der Waals surface area contributed by atoms with E-state index < -0.39 is 29.1 Å². The van der Waals surface area contributed by atoms with Crippen LogP contribution in [0.5, 0.6) is 0 Å². The van der Waals surface area contributed by atoms with Crippen LogP contribution in [0, 0.1) is 5.82 Å². The molecule has 22 heavy (non-hydrogen) atoms. The van der Waals surface area contributed by atoms with Crippen LogP contribution in [0.1, 0.15) is 32.7 Å². The lowest BCUT2D eigenvalue weighted by molar-refractivity contribution is -0.141. The molecule has 1 aromatic heterocycles. The van der Waals surface area contributed by atoms with Crippen molar-refractivity contribution in [2.24, 2.45) is 0 Å². The minimum Gasteiger partial charge on any atom is -0.480 e. The highest BCUT2D eigenvalue weighted by atomic mass is 19.1. The Morgan fingerprint density at radius 3 is 2.55 bits per heavy atom. The molecule has 1 aromatic carbocycles. The third-order valence-corrected chi connectivity index (χ3v) is 3.61. The van der Waals surface area contributed by atoms with Gasteiger partial charge in [-0.05, 0) is 31.5 Å². The molecule has 0 amide bonds. The zero-order valence-corrected chi connectivity index (χ0v) is 12.4. The minimum absolute atomic E-state index is 0.00352. The number of hydrogen-bond acceptors (Lipinski definition) is 3. The van der Waals surface area contributed by atoms with Crippen LogP contribution in [0.2, 0.25) is 0 Å². The van der Waals surface area contributed by atoms with Gasteiger partial charge in [0.25, 0.3) is 5.56 Å². The number of carboxylic acids is 1. The summed E-state index contributed by atoms with van der Waals surface area (Å²) in [7, 11) is 0. The van der Waals surface area contributed by atoms with Gasteiger partial charge in [0.15, 0.2) is 0 Å². The van der Waals surface area contributed by atoms with Crippen molar-refractivity contribution < 1.29 is 14.3 Å². The highest BCUT2D eigenvalue weighted by Crippen LogP contribution is 2.14. The predicted molar refractivity (Wildman–Crippen MR) is 79.7 cm³/mol. The quantitative estimate of drug-likeness (QED) is 0.912. The summed E-state index contributed by atoms with van der Waals surface area (Å²) in [4.78, 5) is 36.4. The molecule has 6 nitrogen and oxygen atoms in total. The van der Waals surface area contributed by atoms with E-state index in [4.69, 9.17) is 0 Å². The highest BCUT2D eigenvalue weighted by Gasteiger charge is 2.25. The van der Waals surface area contributed by atoms with Crippen LogP contribution in [-0.2, 0) is 11.3 Å². The van der Waals surface area contributed by atoms with Crippen LogP contribution >= 0.6 is 0 Å². The molecule has 0 aliphatic carbocycles. The van der Waals surface area contributed by atoms with E-state index in [-0.39, 0.29) is 18.4 Å². The summed E-state index contributed by atoms with van der Waals surface area (Å²) in [6, 6.07) is 2.30. The van der Waals surface area contributed by atoms with Gasteiger partial charge in [0.1, 0.15) is 11.9 Å². The standard InChI is InChI=1S/C15H17FN2O4/c1-3-5-12(14(20)21)18-13(19)10-8-9(16)6-7-11(10)17(4-2)15(18)22/h6-8,12H,3-5H2,1-2H3,(H,20,21). The molecule has 0 bridgehead atoms. The van der Waals surface area contributed by atoms with Crippen molar-refractivity contribution in [3.8, 4) is 0 Å². The summed E-state index contributed by atoms with van der Waals surface area (Å²) in [5.41, 5.74) is -1.16. The Labute approximate surface area is 125 Å². The second kappa shape index (κ2) is 6.13. The third-order valence-electron chi connectivity index (χ3n) is 3.61. The number of aryl methyl sites for hydroxylation is 1. The lowest BCUT2D eigenvalue weighted by atomic mass is 10.1. The predicted octanol–water partition coefficient (Wildman–Crippen LogP) is 1.75. The van der Waals surface area contributed by atoms with E-state index in [0.717, 1.165) is 10.6 Å². The van der Waals surface area contributed by atoms with Crippen LogP contribution in [0.15, 0.2) is 27.8 Å². The second-order valence-electron chi connectivity index (χ2n) is 5.01. The SMILES string of the molecule is CCCC(C(=O)O)n1c(=O)c2cc(F)ccc2n(CC)c1=O. The van der Waals surface area contributed by atoms with Gasteiger partial charge in [0, 0.05) is 6.54 Å². The van der Waals surface area contributed by atoms with Gasteiger partial charge in [-0.2, -0.15) is 0 Å². The fourth-order valence-corrected chi connectivity index (χ4v) is 2.58. The van der Waals surface area contributed by atoms with Crippen molar-refractivity contribution in [2.45, 2.75) is 39.3 Å². The Balaban J connectivity index is 2.93. The Morgan fingerprint density at radius 1 is 1.32 bits per heavy atom. The molecule has 1 heterocycles. The number of rotatable bonds is 5. The molecule has 0 spiro atoms. The fraction of sp³-hybridized carbons (Fsp3) is 0.400. The molecule has 1 unspecified atom stereocenters. The van der Waals surface area contributed by atoms with Gasteiger partial charge in [-0.25, -0.2) is 18.5 Å². The molecule has 0 fully saturated rings. The third kappa shape index (κ3) is 2.54. The van der Waals surface area contributed by atoms with Gasteiger partial charge >= 0.3 is 11.7 Å². The van der Waals surface area contributed by atoms with Crippen LogP contribution in [-0.4, -0.2) is 20.2 Å². The summed E-state index contributed by atoms with van der Waals surface area (Å²) >= 11 is 0. The smallest absolute Gasteiger partial charge is 0.332 e.